The van der Waals surface area contributed by atoms with Gasteiger partial charge < -0.3 is 5.32 Å². The number of amides is 1. The summed E-state index contributed by atoms with van der Waals surface area (Å²) in [5, 5.41) is 3.14. The average molecular weight is 284 g/mol. The molecule has 3 nitrogen and oxygen atoms in total. The first kappa shape index (κ1) is 13.3. The van der Waals surface area contributed by atoms with E-state index < -0.39 is 0 Å². The normalized spacial score (nSPS) is 38.4. The van der Waals surface area contributed by atoms with Crippen molar-refractivity contribution in [3.8, 4) is 0 Å². The molecule has 1 amide bonds. The van der Waals surface area contributed by atoms with Crippen LogP contribution in [0.5, 0.6) is 0 Å². The van der Waals surface area contributed by atoms with Gasteiger partial charge in [-0.1, -0.05) is 38.5 Å². The smallest absolute Gasteiger partial charge is 0.236 e. The fourth-order valence-electron chi connectivity index (χ4n) is 5.05. The molecule has 2 fully saturated rings. The molecule has 3 aliphatic rings. The van der Waals surface area contributed by atoms with Crippen molar-refractivity contribution in [2.75, 3.05) is 18.4 Å². The highest BCUT2D eigenvalue weighted by Gasteiger charge is 2.59. The summed E-state index contributed by atoms with van der Waals surface area (Å²) in [6.45, 7) is 6.88. The van der Waals surface area contributed by atoms with Crippen molar-refractivity contribution in [2.24, 2.45) is 11.8 Å². The molecule has 2 saturated heterocycles. The third kappa shape index (κ3) is 1.67. The molecular weight excluding hydrogens is 260 g/mol. The van der Waals surface area contributed by atoms with Crippen molar-refractivity contribution in [1.82, 2.24) is 4.90 Å². The average Bonchev–Trinajstić information content (AvgIpc) is 2.99. The van der Waals surface area contributed by atoms with Gasteiger partial charge in [-0.25, -0.2) is 0 Å². The highest BCUT2D eigenvalue weighted by atomic mass is 16.2. The Balaban J connectivity index is 1.77. The number of carbonyl (C=O) groups excluding carboxylic acids is 1. The van der Waals surface area contributed by atoms with Crippen LogP contribution in [0.2, 0.25) is 0 Å². The van der Waals surface area contributed by atoms with Gasteiger partial charge in [0.15, 0.2) is 0 Å². The first-order valence-corrected chi connectivity index (χ1v) is 8.32. The summed E-state index contributed by atoms with van der Waals surface area (Å²) >= 11 is 0. The fourth-order valence-corrected chi connectivity index (χ4v) is 5.05. The van der Waals surface area contributed by atoms with Crippen molar-refractivity contribution in [2.45, 2.75) is 44.6 Å². The number of benzene rings is 1. The number of para-hydroxylation sites is 1. The largest absolute Gasteiger partial charge is 0.325 e. The maximum Gasteiger partial charge on any atom is 0.236 e. The summed E-state index contributed by atoms with van der Waals surface area (Å²) in [7, 11) is 0. The van der Waals surface area contributed by atoms with Gasteiger partial charge in [0.25, 0.3) is 0 Å². The van der Waals surface area contributed by atoms with E-state index in [2.05, 4.69) is 36.2 Å². The lowest BCUT2D eigenvalue weighted by molar-refractivity contribution is -0.122. The van der Waals surface area contributed by atoms with Crippen LogP contribution in [-0.2, 0) is 10.2 Å². The molecule has 1 N–H and O–H groups in total. The summed E-state index contributed by atoms with van der Waals surface area (Å²) in [6.07, 6.45) is 3.37. The monoisotopic (exact) mass is 284 g/mol. The number of fused-ring (bicyclic) bond motifs is 4. The predicted octanol–water partition coefficient (Wildman–Crippen LogP) is 3.02. The topological polar surface area (TPSA) is 32.3 Å². The number of anilines is 1. The van der Waals surface area contributed by atoms with E-state index >= 15 is 0 Å². The molecule has 4 rings (SSSR count). The van der Waals surface area contributed by atoms with Crippen molar-refractivity contribution < 1.29 is 4.79 Å². The molecule has 0 aliphatic carbocycles. The van der Waals surface area contributed by atoms with Gasteiger partial charge in [-0.3, -0.25) is 9.69 Å². The first-order valence-electron chi connectivity index (χ1n) is 8.32. The minimum atomic E-state index is -0.288. The van der Waals surface area contributed by atoms with Gasteiger partial charge in [0.05, 0.1) is 5.41 Å². The van der Waals surface area contributed by atoms with E-state index in [0.29, 0.717) is 6.04 Å². The third-order valence-electron chi connectivity index (χ3n) is 6.24. The van der Waals surface area contributed by atoms with Crippen LogP contribution < -0.4 is 5.32 Å². The van der Waals surface area contributed by atoms with Crippen LogP contribution in [-0.4, -0.2) is 29.9 Å². The van der Waals surface area contributed by atoms with Gasteiger partial charge in [-0.05, 0) is 42.9 Å². The van der Waals surface area contributed by atoms with Crippen LogP contribution in [0.4, 0.5) is 5.69 Å². The number of nitrogens with zero attached hydrogens (tertiary/aromatic N) is 1. The van der Waals surface area contributed by atoms with Gasteiger partial charge in [0.2, 0.25) is 5.91 Å². The zero-order valence-corrected chi connectivity index (χ0v) is 12.9. The van der Waals surface area contributed by atoms with Crippen LogP contribution in [0.25, 0.3) is 0 Å². The highest BCUT2D eigenvalue weighted by molar-refractivity contribution is 6.07. The van der Waals surface area contributed by atoms with E-state index in [0.717, 1.165) is 37.0 Å². The summed E-state index contributed by atoms with van der Waals surface area (Å²) < 4.78 is 0. The van der Waals surface area contributed by atoms with Crippen LogP contribution in [0.1, 0.15) is 38.7 Å². The molecule has 1 spiro atoms. The lowest BCUT2D eigenvalue weighted by atomic mass is 9.69. The van der Waals surface area contributed by atoms with E-state index in [1.165, 1.54) is 18.4 Å². The number of piperidine rings is 1. The fraction of sp³-hybridized carbons (Fsp3) is 0.611. The molecule has 0 bridgehead atoms. The summed E-state index contributed by atoms with van der Waals surface area (Å²) in [5.41, 5.74) is 1.99. The van der Waals surface area contributed by atoms with Gasteiger partial charge in [-0.15, -0.1) is 0 Å². The second-order valence-electron chi connectivity index (χ2n) is 7.11. The van der Waals surface area contributed by atoms with Crippen LogP contribution in [0, 0.1) is 11.8 Å². The van der Waals surface area contributed by atoms with E-state index in [1.54, 1.807) is 0 Å². The standard InChI is InChI=1S/C18H24N2O/c1-3-13-10-16-18(8-9-20(16)11-12(13)2)14-6-4-5-7-15(14)19-17(18)21/h4-7,12-13,16H,3,8-11H2,1-2H3,(H,19,21). The second-order valence-corrected chi connectivity index (χ2v) is 7.11. The molecule has 4 atom stereocenters. The maximum absolute atomic E-state index is 12.8. The van der Waals surface area contributed by atoms with Crippen LogP contribution in [0.3, 0.4) is 0 Å². The van der Waals surface area contributed by atoms with Crippen molar-refractivity contribution in [3.63, 3.8) is 0 Å². The quantitative estimate of drug-likeness (QED) is 0.860. The number of nitrogens with one attached hydrogen (secondary N) is 1. The van der Waals surface area contributed by atoms with E-state index in [-0.39, 0.29) is 11.3 Å². The Morgan fingerprint density at radius 1 is 1.38 bits per heavy atom. The summed E-state index contributed by atoms with van der Waals surface area (Å²) in [4.78, 5) is 15.4. The molecule has 1 aromatic carbocycles. The molecule has 0 radical (unpaired) electrons. The van der Waals surface area contributed by atoms with Gasteiger partial charge in [0.1, 0.15) is 0 Å². The van der Waals surface area contributed by atoms with Crippen LogP contribution in [0.15, 0.2) is 24.3 Å². The van der Waals surface area contributed by atoms with Crippen molar-refractivity contribution in [1.29, 1.82) is 0 Å². The van der Waals surface area contributed by atoms with E-state index in [4.69, 9.17) is 0 Å². The number of carbonyl (C=O) groups is 1. The van der Waals surface area contributed by atoms with Gasteiger partial charge >= 0.3 is 0 Å². The molecule has 112 valence electrons. The minimum Gasteiger partial charge on any atom is -0.325 e. The Bertz CT molecular complexity index is 584. The number of hydrogen-bond donors (Lipinski definition) is 1. The zero-order chi connectivity index (χ0) is 14.6. The molecule has 21 heavy (non-hydrogen) atoms. The SMILES string of the molecule is CCC1CC2N(CCC23C(=O)Nc2ccccc23)CC1C. The molecule has 0 aromatic heterocycles. The summed E-state index contributed by atoms with van der Waals surface area (Å²) in [6, 6.07) is 8.69. The maximum atomic E-state index is 12.8. The molecule has 0 saturated carbocycles. The van der Waals surface area contributed by atoms with Crippen molar-refractivity contribution in [3.05, 3.63) is 29.8 Å². The molecular formula is C18H24N2O. The third-order valence-corrected chi connectivity index (χ3v) is 6.24. The Morgan fingerprint density at radius 2 is 2.19 bits per heavy atom. The first-order chi connectivity index (χ1) is 10.2. The second kappa shape index (κ2) is 4.57. The van der Waals surface area contributed by atoms with Crippen molar-refractivity contribution >= 4 is 11.6 Å². The Hall–Kier alpha value is -1.35. The molecule has 3 heteroatoms. The van der Waals surface area contributed by atoms with Gasteiger partial charge in [-0.2, -0.15) is 0 Å². The van der Waals surface area contributed by atoms with Gasteiger partial charge in [0, 0.05) is 18.3 Å². The Labute approximate surface area is 126 Å². The van der Waals surface area contributed by atoms with E-state index in [1.807, 2.05) is 12.1 Å². The lowest BCUT2D eigenvalue weighted by Gasteiger charge is -2.43. The van der Waals surface area contributed by atoms with Crippen LogP contribution >= 0.6 is 0 Å². The Kier molecular flexibility index (Phi) is 2.90. The molecule has 4 unspecified atom stereocenters. The minimum absolute atomic E-state index is 0.237. The summed E-state index contributed by atoms with van der Waals surface area (Å²) in [5.74, 6) is 1.74. The highest BCUT2D eigenvalue weighted by Crippen LogP contribution is 2.52. The molecule has 3 heterocycles. The molecule has 1 aromatic rings. The lowest BCUT2D eigenvalue weighted by Crippen LogP contribution is -2.52. The number of hydrogen-bond acceptors (Lipinski definition) is 2. The predicted molar refractivity (Wildman–Crippen MR) is 84.3 cm³/mol. The Morgan fingerprint density at radius 3 is 3.00 bits per heavy atom. The zero-order valence-electron chi connectivity index (χ0n) is 12.9. The van der Waals surface area contributed by atoms with E-state index in [9.17, 15) is 4.79 Å². The molecule has 3 aliphatic heterocycles. The number of rotatable bonds is 1.